The van der Waals surface area contributed by atoms with Crippen molar-refractivity contribution in [2.75, 3.05) is 0 Å². The van der Waals surface area contributed by atoms with Crippen molar-refractivity contribution in [3.05, 3.63) is 0 Å². The molecule has 0 saturated carbocycles. The number of unbranched alkanes of at least 4 members (excludes halogenated alkanes) is 3. The molecule has 0 aliphatic rings. The minimum atomic E-state index is -0.701. The quantitative estimate of drug-likeness (QED) is 0.400. The smallest absolute Gasteiger partial charge is 0.218 e. The third kappa shape index (κ3) is 5.15. The van der Waals surface area contributed by atoms with Gasteiger partial charge in [0.25, 0.3) is 0 Å². The van der Waals surface area contributed by atoms with E-state index in [0.717, 1.165) is 12.8 Å². The molecule has 0 spiro atoms. The summed E-state index contributed by atoms with van der Waals surface area (Å²) < 4.78 is -0.104. The molecule has 0 heterocycles. The summed E-state index contributed by atoms with van der Waals surface area (Å²) in [6.07, 6.45) is 5.40. The van der Waals surface area contributed by atoms with Gasteiger partial charge >= 0.3 is 0 Å². The molecule has 0 saturated heterocycles. The van der Waals surface area contributed by atoms with Gasteiger partial charge in [-0.25, -0.2) is 0 Å². The van der Waals surface area contributed by atoms with Crippen LogP contribution < -0.4 is 0 Å². The molecule has 0 radical (unpaired) electrons. The topological polar surface area (TPSA) is 17.1 Å². The molecule has 0 aromatic heterocycles. The lowest BCUT2D eigenvalue weighted by molar-refractivity contribution is -0.112. The molecule has 0 amide bonds. The van der Waals surface area contributed by atoms with Crippen molar-refractivity contribution in [1.29, 1.82) is 0 Å². The van der Waals surface area contributed by atoms with Crippen LogP contribution in [0.15, 0.2) is 0 Å². The van der Waals surface area contributed by atoms with Crippen LogP contribution in [0.3, 0.4) is 0 Å². The Balaban J connectivity index is 3.54. The van der Waals surface area contributed by atoms with E-state index in [4.69, 9.17) is 11.6 Å². The van der Waals surface area contributed by atoms with E-state index in [0.29, 0.717) is 0 Å². The Hall–Kier alpha value is 0.440. The molecule has 3 heteroatoms. The zero-order valence-corrected chi connectivity index (χ0v) is 10.0. The first kappa shape index (κ1) is 12.4. The summed E-state index contributed by atoms with van der Waals surface area (Å²) in [6.45, 7) is 3.92. The summed E-state index contributed by atoms with van der Waals surface area (Å²) in [6, 6.07) is 0. The van der Waals surface area contributed by atoms with Crippen molar-refractivity contribution in [2.24, 2.45) is 0 Å². The van der Waals surface area contributed by atoms with E-state index in [1.54, 1.807) is 6.92 Å². The third-order valence-corrected chi connectivity index (χ3v) is 3.37. The normalized spacial score (nSPS) is 15.7. The molecule has 0 N–H and O–H groups in total. The monoisotopic (exact) mass is 254 g/mol. The highest BCUT2D eigenvalue weighted by Gasteiger charge is 2.27. The zero-order valence-electron chi connectivity index (χ0n) is 7.70. The molecule has 1 atom stereocenters. The van der Waals surface area contributed by atoms with Crippen molar-refractivity contribution < 1.29 is 4.79 Å². The van der Waals surface area contributed by atoms with E-state index in [9.17, 15) is 4.79 Å². The third-order valence-electron chi connectivity index (χ3n) is 1.91. The van der Waals surface area contributed by atoms with Crippen molar-refractivity contribution in [1.82, 2.24) is 0 Å². The molecule has 72 valence electrons. The van der Waals surface area contributed by atoms with Gasteiger partial charge < -0.3 is 0 Å². The van der Waals surface area contributed by atoms with E-state index >= 15 is 0 Å². The summed E-state index contributed by atoms with van der Waals surface area (Å²) >= 11 is 8.85. The number of hydrogen-bond donors (Lipinski definition) is 0. The lowest BCUT2D eigenvalue weighted by atomic mass is 10.0. The largest absolute Gasteiger partial charge is 0.285 e. The van der Waals surface area contributed by atoms with E-state index in [-0.39, 0.29) is 4.69 Å². The highest BCUT2D eigenvalue weighted by atomic mass is 79.9. The van der Waals surface area contributed by atoms with Gasteiger partial charge in [-0.2, -0.15) is 0 Å². The van der Waals surface area contributed by atoms with Crippen LogP contribution >= 0.6 is 27.5 Å². The van der Waals surface area contributed by atoms with Crippen molar-refractivity contribution in [2.45, 2.75) is 50.8 Å². The minimum absolute atomic E-state index is 0.104. The predicted molar refractivity (Wildman–Crippen MR) is 57.0 cm³/mol. The van der Waals surface area contributed by atoms with Crippen LogP contribution in [-0.4, -0.2) is 9.57 Å². The van der Waals surface area contributed by atoms with Crippen LogP contribution in [0.2, 0.25) is 0 Å². The SMILES string of the molecule is CCCCCCC(C)(Cl)C(=O)Br. The number of carbonyl (C=O) groups is 1. The van der Waals surface area contributed by atoms with Gasteiger partial charge in [0, 0.05) is 0 Å². The second kappa shape index (κ2) is 5.98. The Bertz CT molecular complexity index is 145. The van der Waals surface area contributed by atoms with E-state index in [1.807, 2.05) is 0 Å². The summed E-state index contributed by atoms with van der Waals surface area (Å²) in [5, 5.41) is 0. The molecule has 0 fully saturated rings. The lowest BCUT2D eigenvalue weighted by Crippen LogP contribution is -2.23. The highest BCUT2D eigenvalue weighted by molar-refractivity contribution is 9.18. The van der Waals surface area contributed by atoms with Crippen LogP contribution in [0.5, 0.6) is 0 Å². The van der Waals surface area contributed by atoms with Gasteiger partial charge in [-0.05, 0) is 29.3 Å². The molecule has 0 bridgehead atoms. The van der Waals surface area contributed by atoms with Gasteiger partial charge in [0.1, 0.15) is 4.87 Å². The maximum atomic E-state index is 10.9. The molecule has 0 aromatic rings. The first-order valence-electron chi connectivity index (χ1n) is 4.39. The maximum Gasteiger partial charge on any atom is 0.218 e. The fourth-order valence-corrected chi connectivity index (χ4v) is 1.31. The first-order valence-corrected chi connectivity index (χ1v) is 5.56. The van der Waals surface area contributed by atoms with Gasteiger partial charge in [-0.1, -0.05) is 32.6 Å². The number of hydrogen-bond acceptors (Lipinski definition) is 1. The fourth-order valence-electron chi connectivity index (χ4n) is 0.982. The molecular formula is C9H16BrClO. The Morgan fingerprint density at radius 2 is 2.00 bits per heavy atom. The minimum Gasteiger partial charge on any atom is -0.285 e. The standard InChI is InChI=1S/C9H16BrClO/c1-3-4-5-6-7-9(2,11)8(10)12/h3-7H2,1-2H3. The number of carbonyl (C=O) groups excluding carboxylic acids is 1. The number of rotatable bonds is 6. The number of alkyl halides is 1. The molecule has 12 heavy (non-hydrogen) atoms. The zero-order chi connectivity index (χ0) is 9.61. The number of halogens is 2. The van der Waals surface area contributed by atoms with E-state index < -0.39 is 4.87 Å². The van der Waals surface area contributed by atoms with Crippen molar-refractivity contribution in [3.63, 3.8) is 0 Å². The van der Waals surface area contributed by atoms with Gasteiger partial charge in [0.2, 0.25) is 4.69 Å². The Labute approximate surface area is 88.0 Å². The average Bonchev–Trinajstić information content (AvgIpc) is 1.98. The summed E-state index contributed by atoms with van der Waals surface area (Å²) in [5.74, 6) is 0. The van der Waals surface area contributed by atoms with Crippen LogP contribution in [0, 0.1) is 0 Å². The van der Waals surface area contributed by atoms with E-state index in [2.05, 4.69) is 22.9 Å². The van der Waals surface area contributed by atoms with Crippen molar-refractivity contribution in [3.8, 4) is 0 Å². The van der Waals surface area contributed by atoms with Crippen LogP contribution in [-0.2, 0) is 4.79 Å². The highest BCUT2D eigenvalue weighted by Crippen LogP contribution is 2.26. The Kier molecular flexibility index (Phi) is 6.20. The van der Waals surface area contributed by atoms with Crippen LogP contribution in [0.25, 0.3) is 0 Å². The lowest BCUT2D eigenvalue weighted by Gasteiger charge is -2.16. The molecule has 1 unspecified atom stereocenters. The fraction of sp³-hybridized carbons (Fsp3) is 0.889. The van der Waals surface area contributed by atoms with Crippen LogP contribution in [0.4, 0.5) is 0 Å². The molecule has 0 aromatic carbocycles. The average molecular weight is 256 g/mol. The molecule has 0 rings (SSSR count). The second-order valence-corrected chi connectivity index (χ2v) is 4.84. The first-order chi connectivity index (χ1) is 5.50. The maximum absolute atomic E-state index is 10.9. The van der Waals surface area contributed by atoms with Crippen molar-refractivity contribution >= 4 is 32.2 Å². The predicted octanol–water partition coefficient (Wildman–Crippen LogP) is 3.88. The van der Waals surface area contributed by atoms with Gasteiger partial charge in [-0.3, -0.25) is 4.79 Å². The Morgan fingerprint density at radius 3 is 2.42 bits per heavy atom. The van der Waals surface area contributed by atoms with Crippen LogP contribution in [0.1, 0.15) is 46.0 Å². The molecule has 0 aliphatic heterocycles. The van der Waals surface area contributed by atoms with E-state index in [1.165, 1.54) is 19.3 Å². The second-order valence-electron chi connectivity index (χ2n) is 3.28. The Morgan fingerprint density at radius 1 is 1.42 bits per heavy atom. The summed E-state index contributed by atoms with van der Waals surface area (Å²) in [5.41, 5.74) is 0. The van der Waals surface area contributed by atoms with Gasteiger partial charge in [-0.15, -0.1) is 11.6 Å². The molecular weight excluding hydrogens is 239 g/mol. The summed E-state index contributed by atoms with van der Waals surface area (Å²) in [4.78, 5) is 10.2. The molecule has 0 aliphatic carbocycles. The molecule has 1 nitrogen and oxygen atoms in total. The summed E-state index contributed by atoms with van der Waals surface area (Å²) in [7, 11) is 0. The van der Waals surface area contributed by atoms with Gasteiger partial charge in [0.05, 0.1) is 0 Å². The van der Waals surface area contributed by atoms with Gasteiger partial charge in [0.15, 0.2) is 0 Å².